The van der Waals surface area contributed by atoms with Crippen LogP contribution in [-0.4, -0.2) is 68.1 Å². The molecule has 12 heteroatoms. The van der Waals surface area contributed by atoms with Gasteiger partial charge in [0.05, 0.1) is 29.5 Å². The molecule has 0 spiro atoms. The third-order valence-corrected chi connectivity index (χ3v) is 6.66. The number of benzene rings is 1. The van der Waals surface area contributed by atoms with Gasteiger partial charge in [0.15, 0.2) is 5.75 Å². The van der Waals surface area contributed by atoms with Crippen molar-refractivity contribution in [3.05, 3.63) is 63.8 Å². The van der Waals surface area contributed by atoms with Crippen molar-refractivity contribution in [3.8, 4) is 5.75 Å². The number of rotatable bonds is 6. The largest absolute Gasteiger partial charge is 0.505 e. The number of carbonyl (C=O) groups is 2. The van der Waals surface area contributed by atoms with Crippen LogP contribution in [0.4, 0.5) is 4.39 Å². The lowest BCUT2D eigenvalue weighted by molar-refractivity contribution is -0.135. The van der Waals surface area contributed by atoms with Crippen molar-refractivity contribution < 1.29 is 28.0 Å². The lowest BCUT2D eigenvalue weighted by Crippen LogP contribution is -2.44. The van der Waals surface area contributed by atoms with Gasteiger partial charge in [-0.25, -0.2) is 4.39 Å². The average molecular weight is 503 g/mol. The molecule has 1 atom stereocenters. The van der Waals surface area contributed by atoms with E-state index < -0.39 is 39.4 Å². The SMILES string of the molecule is CS(=O)c1cc(F)ccc1CNC(=O)c1c(O)c2ncccc2n(CC(=O)N2CCOCC2)c1=O. The van der Waals surface area contributed by atoms with Gasteiger partial charge in [-0.15, -0.1) is 0 Å². The number of hydrogen-bond acceptors (Lipinski definition) is 7. The van der Waals surface area contributed by atoms with Gasteiger partial charge in [0, 0.05) is 37.0 Å². The maximum absolute atomic E-state index is 13.6. The van der Waals surface area contributed by atoms with E-state index >= 15 is 0 Å². The Hall–Kier alpha value is -3.64. The van der Waals surface area contributed by atoms with Gasteiger partial charge in [-0.2, -0.15) is 0 Å². The number of nitrogens with zero attached hydrogens (tertiary/aromatic N) is 3. The summed E-state index contributed by atoms with van der Waals surface area (Å²) in [6.07, 6.45) is 2.77. The number of pyridine rings is 2. The third-order valence-electron chi connectivity index (χ3n) is 5.66. The van der Waals surface area contributed by atoms with E-state index in [0.29, 0.717) is 31.9 Å². The molecule has 2 N–H and O–H groups in total. The van der Waals surface area contributed by atoms with E-state index in [1.807, 2.05) is 0 Å². The molecular formula is C23H23FN4O6S. The number of carbonyl (C=O) groups excluding carboxylic acids is 2. The zero-order valence-electron chi connectivity index (χ0n) is 18.8. The number of halogens is 1. The first kappa shape index (κ1) is 24.5. The third kappa shape index (κ3) is 5.08. The van der Waals surface area contributed by atoms with Gasteiger partial charge >= 0.3 is 0 Å². The van der Waals surface area contributed by atoms with Crippen LogP contribution in [0.15, 0.2) is 46.2 Å². The Morgan fingerprint density at radius 2 is 2.00 bits per heavy atom. The number of hydrogen-bond donors (Lipinski definition) is 2. The summed E-state index contributed by atoms with van der Waals surface area (Å²) in [5, 5.41) is 13.2. The van der Waals surface area contributed by atoms with Gasteiger partial charge in [0.25, 0.3) is 11.5 Å². The molecule has 10 nitrogen and oxygen atoms in total. The van der Waals surface area contributed by atoms with Crippen LogP contribution in [0.2, 0.25) is 0 Å². The molecule has 0 saturated carbocycles. The first-order chi connectivity index (χ1) is 16.8. The summed E-state index contributed by atoms with van der Waals surface area (Å²) < 4.78 is 31.9. The molecule has 2 amide bonds. The lowest BCUT2D eigenvalue weighted by Gasteiger charge is -2.27. The monoisotopic (exact) mass is 502 g/mol. The quantitative estimate of drug-likeness (QED) is 0.509. The summed E-state index contributed by atoms with van der Waals surface area (Å²) in [6, 6.07) is 6.74. The van der Waals surface area contributed by atoms with Crippen LogP contribution < -0.4 is 10.9 Å². The predicted molar refractivity (Wildman–Crippen MR) is 125 cm³/mol. The molecule has 0 radical (unpaired) electrons. The van der Waals surface area contributed by atoms with Gasteiger partial charge < -0.3 is 20.1 Å². The van der Waals surface area contributed by atoms with Gasteiger partial charge in [-0.1, -0.05) is 6.07 Å². The maximum atomic E-state index is 13.6. The molecule has 1 aliphatic rings. The summed E-state index contributed by atoms with van der Waals surface area (Å²) >= 11 is 0. The zero-order chi connectivity index (χ0) is 25.1. The Bertz CT molecular complexity index is 1390. The van der Waals surface area contributed by atoms with E-state index in [1.165, 1.54) is 30.7 Å². The summed E-state index contributed by atoms with van der Waals surface area (Å²) in [4.78, 5) is 45.0. The second-order valence-corrected chi connectivity index (χ2v) is 9.22. The smallest absolute Gasteiger partial charge is 0.268 e. The van der Waals surface area contributed by atoms with Crippen molar-refractivity contribution in [2.75, 3.05) is 32.6 Å². The number of aromatic nitrogens is 2. The molecule has 4 rings (SSSR count). The fourth-order valence-corrected chi connectivity index (χ4v) is 4.66. The molecule has 184 valence electrons. The van der Waals surface area contributed by atoms with Crippen LogP contribution in [0.3, 0.4) is 0 Å². The molecule has 3 heterocycles. The van der Waals surface area contributed by atoms with Gasteiger partial charge in [0.2, 0.25) is 5.91 Å². The van der Waals surface area contributed by atoms with Crippen molar-refractivity contribution >= 4 is 33.6 Å². The Morgan fingerprint density at radius 3 is 2.71 bits per heavy atom. The fourth-order valence-electron chi connectivity index (χ4n) is 3.88. The number of aromatic hydroxyl groups is 1. The van der Waals surface area contributed by atoms with Crippen LogP contribution in [0.1, 0.15) is 15.9 Å². The minimum Gasteiger partial charge on any atom is -0.505 e. The highest BCUT2D eigenvalue weighted by Crippen LogP contribution is 2.24. The molecule has 2 aromatic heterocycles. The Balaban J connectivity index is 1.68. The molecule has 1 fully saturated rings. The standard InChI is InChI=1S/C23H23FN4O6S/c1-35(33)17-11-15(24)5-4-14(17)12-26-22(31)19-21(30)20-16(3-2-6-25-20)28(23(19)32)13-18(29)27-7-9-34-10-8-27/h2-6,11,30H,7-10,12-13H2,1H3,(H,26,31). The van der Waals surface area contributed by atoms with Gasteiger partial charge in [-0.3, -0.25) is 28.1 Å². The van der Waals surface area contributed by atoms with Crippen molar-refractivity contribution in [1.82, 2.24) is 19.8 Å². The fraction of sp³-hybridized carbons (Fsp3) is 0.304. The van der Waals surface area contributed by atoms with E-state index in [9.17, 15) is 28.1 Å². The number of amides is 2. The number of ether oxygens (including phenoxy) is 1. The Morgan fingerprint density at radius 1 is 1.26 bits per heavy atom. The van der Waals surface area contributed by atoms with Gasteiger partial charge in [-0.05, 0) is 29.8 Å². The number of fused-ring (bicyclic) bond motifs is 1. The van der Waals surface area contributed by atoms with Crippen molar-refractivity contribution in [2.45, 2.75) is 18.0 Å². The normalized spacial score (nSPS) is 14.6. The number of morpholine rings is 1. The first-order valence-electron chi connectivity index (χ1n) is 10.7. The van der Waals surface area contributed by atoms with E-state index in [1.54, 1.807) is 11.0 Å². The van der Waals surface area contributed by atoms with Crippen molar-refractivity contribution in [3.63, 3.8) is 0 Å². The van der Waals surface area contributed by atoms with E-state index in [-0.39, 0.29) is 34.9 Å². The zero-order valence-corrected chi connectivity index (χ0v) is 19.6. The highest BCUT2D eigenvalue weighted by molar-refractivity contribution is 7.84. The summed E-state index contributed by atoms with van der Waals surface area (Å²) in [5.41, 5.74) is -0.853. The molecule has 1 saturated heterocycles. The molecular weight excluding hydrogens is 479 g/mol. The van der Waals surface area contributed by atoms with E-state index in [2.05, 4.69) is 10.3 Å². The van der Waals surface area contributed by atoms with E-state index in [0.717, 1.165) is 10.6 Å². The second kappa shape index (κ2) is 10.3. The van der Waals surface area contributed by atoms with Crippen molar-refractivity contribution in [1.29, 1.82) is 0 Å². The molecule has 1 aromatic carbocycles. The molecule has 3 aromatic rings. The topological polar surface area (TPSA) is 131 Å². The summed E-state index contributed by atoms with van der Waals surface area (Å²) in [6.45, 7) is 1.03. The molecule has 0 aliphatic carbocycles. The van der Waals surface area contributed by atoms with Gasteiger partial charge in [0.1, 0.15) is 23.4 Å². The predicted octanol–water partition coefficient (Wildman–Crippen LogP) is 0.767. The minimum absolute atomic E-state index is 0.0100. The van der Waals surface area contributed by atoms with Crippen LogP contribution >= 0.6 is 0 Å². The second-order valence-electron chi connectivity index (χ2n) is 7.87. The van der Waals surface area contributed by atoms with E-state index in [4.69, 9.17) is 4.74 Å². The first-order valence-corrected chi connectivity index (χ1v) is 12.3. The highest BCUT2D eigenvalue weighted by atomic mass is 32.2. The van der Waals surface area contributed by atoms with Crippen LogP contribution in [0.5, 0.6) is 5.75 Å². The van der Waals surface area contributed by atoms with Crippen LogP contribution in [0.25, 0.3) is 11.0 Å². The summed E-state index contributed by atoms with van der Waals surface area (Å²) in [5.74, 6) is -2.43. The minimum atomic E-state index is -1.52. The molecule has 1 aliphatic heterocycles. The lowest BCUT2D eigenvalue weighted by atomic mass is 10.1. The Labute approximate surface area is 201 Å². The molecule has 1 unspecified atom stereocenters. The molecule has 0 bridgehead atoms. The van der Waals surface area contributed by atoms with Crippen molar-refractivity contribution in [2.24, 2.45) is 0 Å². The van der Waals surface area contributed by atoms with Crippen LogP contribution in [-0.2, 0) is 33.4 Å². The highest BCUT2D eigenvalue weighted by Gasteiger charge is 2.26. The average Bonchev–Trinajstić information content (AvgIpc) is 2.86. The molecule has 35 heavy (non-hydrogen) atoms. The Kier molecular flexibility index (Phi) is 7.22. The van der Waals surface area contributed by atoms with Crippen LogP contribution in [0, 0.1) is 5.82 Å². The maximum Gasteiger partial charge on any atom is 0.268 e. The number of nitrogens with one attached hydrogen (secondary N) is 1. The summed E-state index contributed by atoms with van der Waals surface area (Å²) in [7, 11) is -1.52.